The molecule has 0 amide bonds. The molecule has 0 bridgehead atoms. The molecule has 0 atom stereocenters. The zero-order valence-electron chi connectivity index (χ0n) is 17.9. The van der Waals surface area contributed by atoms with E-state index in [-0.39, 0.29) is 18.0 Å². The summed E-state index contributed by atoms with van der Waals surface area (Å²) in [4.78, 5) is 20.3. The third kappa shape index (κ3) is 5.24. The average molecular weight is 494 g/mol. The van der Waals surface area contributed by atoms with Gasteiger partial charge in [-0.15, -0.1) is 12.4 Å². The first-order valence-corrected chi connectivity index (χ1v) is 11.7. The predicted molar refractivity (Wildman–Crippen MR) is 126 cm³/mol. The Labute approximate surface area is 200 Å². The first kappa shape index (κ1) is 23.7. The van der Waals surface area contributed by atoms with Crippen molar-refractivity contribution >= 4 is 35.2 Å². The summed E-state index contributed by atoms with van der Waals surface area (Å²) < 4.78 is 21.2. The van der Waals surface area contributed by atoms with Crippen LogP contribution in [0, 0.1) is 11.0 Å². The fourth-order valence-electron chi connectivity index (χ4n) is 4.29. The highest BCUT2D eigenvalue weighted by molar-refractivity contribution is 7.99. The molecular formula is C22H25ClFN5O3S. The number of fused-ring (bicyclic) bond motifs is 2. The summed E-state index contributed by atoms with van der Waals surface area (Å²) in [5.74, 6) is 0.871. The van der Waals surface area contributed by atoms with Crippen LogP contribution in [0.1, 0.15) is 18.5 Å². The molecule has 176 valence electrons. The number of ether oxygens (including phenoxy) is 1. The lowest BCUT2D eigenvalue weighted by Crippen LogP contribution is -2.43. The van der Waals surface area contributed by atoms with Gasteiger partial charge in [0, 0.05) is 43.9 Å². The second kappa shape index (κ2) is 10.3. The van der Waals surface area contributed by atoms with Gasteiger partial charge in [0.15, 0.2) is 11.6 Å². The Bertz CT molecular complexity index is 1200. The zero-order chi connectivity index (χ0) is 22.1. The molecule has 1 N–H and O–H groups in total. The number of thioether (sulfide) groups is 1. The van der Waals surface area contributed by atoms with E-state index in [9.17, 15) is 14.4 Å². The third-order valence-electron chi connectivity index (χ3n) is 6.07. The van der Waals surface area contributed by atoms with Crippen molar-refractivity contribution in [3.05, 3.63) is 63.7 Å². The van der Waals surface area contributed by atoms with Crippen molar-refractivity contribution in [1.29, 1.82) is 0 Å². The first-order valence-electron chi connectivity index (χ1n) is 10.7. The molecule has 0 spiro atoms. The Hall–Kier alpha value is -2.40. The standard InChI is InChI=1S/C22H24FN5O3S.ClH/c23-15-9-19-18(28(30)13-15)1-2-22(29)27(19)8-7-26-5-3-16(4-6-26)24-11-17-10-21-20(12-25-17)31-14-32-21;/h1-2,9-10,12-13,16,24H,3-8,11,14H2;1H. The second-order valence-corrected chi connectivity index (χ2v) is 9.07. The summed E-state index contributed by atoms with van der Waals surface area (Å²) in [6.07, 6.45) is 4.68. The Morgan fingerprint density at radius 1 is 1.27 bits per heavy atom. The van der Waals surface area contributed by atoms with Gasteiger partial charge < -0.3 is 24.7 Å². The monoisotopic (exact) mass is 493 g/mol. The lowest BCUT2D eigenvalue weighted by molar-refractivity contribution is -0.578. The minimum Gasteiger partial charge on any atom is -0.618 e. The number of nitrogens with one attached hydrogen (secondary N) is 1. The molecule has 0 radical (unpaired) electrons. The van der Waals surface area contributed by atoms with Gasteiger partial charge in [-0.25, -0.2) is 4.39 Å². The van der Waals surface area contributed by atoms with Crippen LogP contribution in [0.3, 0.4) is 0 Å². The first-order chi connectivity index (χ1) is 15.6. The molecule has 8 nitrogen and oxygen atoms in total. The normalized spacial score (nSPS) is 16.4. The second-order valence-electron chi connectivity index (χ2n) is 8.10. The molecule has 1 fully saturated rings. The van der Waals surface area contributed by atoms with Crippen molar-refractivity contribution in [1.82, 2.24) is 19.8 Å². The maximum Gasteiger partial charge on any atom is 0.251 e. The summed E-state index contributed by atoms with van der Waals surface area (Å²) >= 11 is 1.69. The van der Waals surface area contributed by atoms with E-state index in [2.05, 4.69) is 21.3 Å². The average Bonchev–Trinajstić information content (AvgIpc) is 3.25. The van der Waals surface area contributed by atoms with Crippen molar-refractivity contribution in [2.24, 2.45) is 0 Å². The number of aromatic nitrogens is 3. The minimum absolute atomic E-state index is 0. The molecule has 0 unspecified atom stereocenters. The van der Waals surface area contributed by atoms with Gasteiger partial charge in [-0.2, -0.15) is 4.73 Å². The maximum atomic E-state index is 13.7. The lowest BCUT2D eigenvalue weighted by Gasteiger charge is -2.32. The van der Waals surface area contributed by atoms with Crippen molar-refractivity contribution in [3.8, 4) is 5.75 Å². The van der Waals surface area contributed by atoms with Gasteiger partial charge in [-0.1, -0.05) is 11.8 Å². The molecule has 0 saturated carbocycles. The molecular weight excluding hydrogens is 469 g/mol. The summed E-state index contributed by atoms with van der Waals surface area (Å²) in [5, 5.41) is 15.6. The Balaban J connectivity index is 0.00000259. The van der Waals surface area contributed by atoms with Gasteiger partial charge in [0.05, 0.1) is 16.8 Å². The highest BCUT2D eigenvalue weighted by Gasteiger charge is 2.20. The molecule has 0 aromatic carbocycles. The predicted octanol–water partition coefficient (Wildman–Crippen LogP) is 2.29. The molecule has 3 aromatic rings. The Morgan fingerprint density at radius 2 is 2.09 bits per heavy atom. The molecule has 2 aliphatic rings. The quantitative estimate of drug-likeness (QED) is 0.416. The van der Waals surface area contributed by atoms with Crippen LogP contribution >= 0.6 is 24.2 Å². The van der Waals surface area contributed by atoms with E-state index in [1.807, 2.05) is 0 Å². The van der Waals surface area contributed by atoms with Crippen molar-refractivity contribution in [2.75, 3.05) is 25.6 Å². The van der Waals surface area contributed by atoms with Crippen LogP contribution in [0.15, 0.2) is 46.3 Å². The number of halogens is 2. The summed E-state index contributed by atoms with van der Waals surface area (Å²) in [5.41, 5.74) is 1.40. The van der Waals surface area contributed by atoms with E-state index in [4.69, 9.17) is 4.74 Å². The number of likely N-dealkylation sites (tertiary alicyclic amines) is 1. The van der Waals surface area contributed by atoms with Gasteiger partial charge >= 0.3 is 0 Å². The topological polar surface area (TPSA) is 86.3 Å². The van der Waals surface area contributed by atoms with E-state index >= 15 is 0 Å². The fraction of sp³-hybridized carbons (Fsp3) is 0.409. The molecule has 5 heterocycles. The number of piperidine rings is 1. The SMILES string of the molecule is Cl.O=c1ccc2c(cc(F)c[n+]2[O-])n1CCN1CCC(NCc2cc3c(cn2)OCS3)CC1. The van der Waals surface area contributed by atoms with Crippen LogP contribution in [0.2, 0.25) is 0 Å². The number of hydrogen-bond donors (Lipinski definition) is 1. The van der Waals surface area contributed by atoms with Crippen LogP contribution in [-0.4, -0.2) is 46.1 Å². The van der Waals surface area contributed by atoms with Gasteiger partial charge in [0.2, 0.25) is 11.7 Å². The van der Waals surface area contributed by atoms with Gasteiger partial charge in [0.25, 0.3) is 5.56 Å². The Kier molecular flexibility index (Phi) is 7.38. The number of pyridine rings is 3. The van der Waals surface area contributed by atoms with Crippen molar-refractivity contribution in [2.45, 2.75) is 36.9 Å². The summed E-state index contributed by atoms with van der Waals surface area (Å²) in [7, 11) is 0. The number of rotatable bonds is 6. The summed E-state index contributed by atoms with van der Waals surface area (Å²) in [6.45, 7) is 3.63. The minimum atomic E-state index is -0.650. The molecule has 0 aliphatic carbocycles. The molecule has 33 heavy (non-hydrogen) atoms. The van der Waals surface area contributed by atoms with E-state index in [0.29, 0.717) is 40.8 Å². The summed E-state index contributed by atoms with van der Waals surface area (Å²) in [6, 6.07) is 6.56. The maximum absolute atomic E-state index is 13.7. The van der Waals surface area contributed by atoms with E-state index < -0.39 is 5.82 Å². The molecule has 11 heteroatoms. The fourth-order valence-corrected chi connectivity index (χ4v) is 5.08. The van der Waals surface area contributed by atoms with Gasteiger partial charge in [-0.3, -0.25) is 9.78 Å². The highest BCUT2D eigenvalue weighted by atomic mass is 35.5. The zero-order valence-corrected chi connectivity index (χ0v) is 19.5. The largest absolute Gasteiger partial charge is 0.618 e. The third-order valence-corrected chi connectivity index (χ3v) is 6.94. The molecule has 3 aromatic heterocycles. The molecule has 5 rings (SSSR count). The number of nitrogens with zero attached hydrogens (tertiary/aromatic N) is 4. The van der Waals surface area contributed by atoms with Gasteiger partial charge in [-0.05, 0) is 32.0 Å². The van der Waals surface area contributed by atoms with E-state index in [1.165, 1.54) is 22.8 Å². The van der Waals surface area contributed by atoms with E-state index in [0.717, 1.165) is 55.0 Å². The smallest absolute Gasteiger partial charge is 0.251 e. The Morgan fingerprint density at radius 3 is 2.91 bits per heavy atom. The molecule has 2 aliphatic heterocycles. The highest BCUT2D eigenvalue weighted by Crippen LogP contribution is 2.35. The van der Waals surface area contributed by atoms with Gasteiger partial charge in [0.1, 0.15) is 11.5 Å². The molecule has 1 saturated heterocycles. The van der Waals surface area contributed by atoms with Crippen LogP contribution < -0.4 is 20.3 Å². The van der Waals surface area contributed by atoms with Crippen molar-refractivity contribution < 1.29 is 13.9 Å². The number of hydrogen-bond acceptors (Lipinski definition) is 7. The van der Waals surface area contributed by atoms with Crippen LogP contribution in [0.25, 0.3) is 11.0 Å². The van der Waals surface area contributed by atoms with Crippen molar-refractivity contribution in [3.63, 3.8) is 0 Å². The lowest BCUT2D eigenvalue weighted by atomic mass is 10.0. The van der Waals surface area contributed by atoms with E-state index in [1.54, 1.807) is 18.0 Å². The van der Waals surface area contributed by atoms with Crippen LogP contribution in [0.5, 0.6) is 5.75 Å². The van der Waals surface area contributed by atoms with Crippen LogP contribution in [-0.2, 0) is 13.1 Å². The van der Waals surface area contributed by atoms with Crippen LogP contribution in [0.4, 0.5) is 4.39 Å².